The van der Waals surface area contributed by atoms with E-state index in [4.69, 9.17) is 16.0 Å². The van der Waals surface area contributed by atoms with Crippen LogP contribution in [0.4, 0.5) is 0 Å². The average molecular weight is 329 g/mol. The van der Waals surface area contributed by atoms with Crippen LogP contribution in [0.2, 0.25) is 5.02 Å². The third-order valence-corrected chi connectivity index (χ3v) is 4.51. The van der Waals surface area contributed by atoms with Gasteiger partial charge in [-0.25, -0.2) is 13.1 Å². The Balaban J connectivity index is 2.22. The molecule has 21 heavy (non-hydrogen) atoms. The van der Waals surface area contributed by atoms with E-state index in [0.717, 1.165) is 0 Å². The molecular weight excluding hydrogens is 316 g/mol. The van der Waals surface area contributed by atoms with Gasteiger partial charge in [-0.05, 0) is 37.4 Å². The molecule has 0 bridgehead atoms. The number of rotatable bonds is 5. The Morgan fingerprint density at radius 3 is 2.71 bits per heavy atom. The summed E-state index contributed by atoms with van der Waals surface area (Å²) in [6, 6.07) is 7.34. The van der Waals surface area contributed by atoms with Crippen molar-refractivity contribution in [2.45, 2.75) is 11.4 Å². The summed E-state index contributed by atoms with van der Waals surface area (Å²) in [5.74, 6) is 0.100. The van der Waals surface area contributed by atoms with Gasteiger partial charge in [0.2, 0.25) is 10.0 Å². The minimum Gasteiger partial charge on any atom is -0.467 e. The molecule has 0 saturated heterocycles. The fraction of sp³-hybridized carbons (Fsp3) is 0.154. The molecule has 1 aromatic heterocycles. The molecule has 0 unspecified atom stereocenters. The number of amides is 1. The third-order valence-electron chi connectivity index (χ3n) is 2.76. The number of nitrogens with one attached hydrogen (secondary N) is 2. The predicted octanol–water partition coefficient (Wildman–Crippen LogP) is 1.77. The summed E-state index contributed by atoms with van der Waals surface area (Å²) in [4.78, 5) is 12.0. The lowest BCUT2D eigenvalue weighted by Gasteiger charge is -2.08. The Labute approximate surface area is 127 Å². The maximum absolute atomic E-state index is 12.1. The summed E-state index contributed by atoms with van der Waals surface area (Å²) in [6.07, 6.45) is 1.49. The van der Waals surface area contributed by atoms with Crippen molar-refractivity contribution >= 4 is 27.5 Å². The molecule has 0 spiro atoms. The first kappa shape index (κ1) is 15.6. The van der Waals surface area contributed by atoms with E-state index in [1.54, 1.807) is 12.1 Å². The number of furan rings is 1. The highest BCUT2D eigenvalue weighted by Crippen LogP contribution is 2.20. The second-order valence-electron chi connectivity index (χ2n) is 4.11. The van der Waals surface area contributed by atoms with E-state index >= 15 is 0 Å². The van der Waals surface area contributed by atoms with E-state index in [9.17, 15) is 13.2 Å². The van der Waals surface area contributed by atoms with Crippen molar-refractivity contribution < 1.29 is 17.6 Å². The average Bonchev–Trinajstić information content (AvgIpc) is 2.98. The first-order valence-corrected chi connectivity index (χ1v) is 7.84. The Morgan fingerprint density at radius 2 is 2.10 bits per heavy atom. The van der Waals surface area contributed by atoms with Gasteiger partial charge in [0.25, 0.3) is 5.91 Å². The molecule has 0 fully saturated rings. The van der Waals surface area contributed by atoms with Crippen LogP contribution in [-0.4, -0.2) is 21.4 Å². The van der Waals surface area contributed by atoms with Crippen LogP contribution in [0.1, 0.15) is 16.1 Å². The number of halogens is 1. The zero-order chi connectivity index (χ0) is 15.5. The van der Waals surface area contributed by atoms with Crippen molar-refractivity contribution in [1.82, 2.24) is 10.0 Å². The normalized spacial score (nSPS) is 11.3. The summed E-state index contributed by atoms with van der Waals surface area (Å²) in [5, 5.41) is 2.78. The van der Waals surface area contributed by atoms with E-state index < -0.39 is 15.9 Å². The van der Waals surface area contributed by atoms with Gasteiger partial charge in [-0.3, -0.25) is 4.79 Å². The van der Waals surface area contributed by atoms with Gasteiger partial charge in [-0.15, -0.1) is 0 Å². The molecule has 0 saturated carbocycles. The topological polar surface area (TPSA) is 88.4 Å². The number of carbonyl (C=O) groups is 1. The minimum absolute atomic E-state index is 0.0300. The fourth-order valence-corrected chi connectivity index (χ4v) is 2.60. The SMILES string of the molecule is CNS(=O)(=O)c1ccc(Cl)c(C(=O)NCc2ccco2)c1. The van der Waals surface area contributed by atoms with Crippen molar-refractivity contribution in [2.24, 2.45) is 0 Å². The Morgan fingerprint density at radius 1 is 1.33 bits per heavy atom. The van der Waals surface area contributed by atoms with Crippen molar-refractivity contribution in [1.29, 1.82) is 0 Å². The van der Waals surface area contributed by atoms with E-state index in [1.807, 2.05) is 0 Å². The maximum Gasteiger partial charge on any atom is 0.253 e. The first-order valence-electron chi connectivity index (χ1n) is 5.97. The Kier molecular flexibility index (Phi) is 4.66. The molecule has 0 aliphatic rings. The zero-order valence-electron chi connectivity index (χ0n) is 11.1. The third kappa shape index (κ3) is 3.63. The highest BCUT2D eigenvalue weighted by atomic mass is 35.5. The molecule has 6 nitrogen and oxygen atoms in total. The molecule has 0 radical (unpaired) electrons. The molecule has 0 aliphatic carbocycles. The summed E-state index contributed by atoms with van der Waals surface area (Å²) >= 11 is 5.95. The van der Waals surface area contributed by atoms with Crippen LogP contribution >= 0.6 is 11.6 Å². The monoisotopic (exact) mass is 328 g/mol. The number of benzene rings is 1. The van der Waals surface area contributed by atoms with Crippen LogP contribution in [0.15, 0.2) is 45.9 Å². The van der Waals surface area contributed by atoms with Crippen molar-refractivity contribution in [3.05, 3.63) is 52.9 Å². The summed E-state index contributed by atoms with van der Waals surface area (Å²) in [7, 11) is -2.34. The lowest BCUT2D eigenvalue weighted by atomic mass is 10.2. The number of carbonyl (C=O) groups excluding carboxylic acids is 1. The largest absolute Gasteiger partial charge is 0.467 e. The van der Waals surface area contributed by atoms with Crippen LogP contribution < -0.4 is 10.0 Å². The van der Waals surface area contributed by atoms with Crippen molar-refractivity contribution in [2.75, 3.05) is 7.05 Å². The van der Waals surface area contributed by atoms with Gasteiger partial charge >= 0.3 is 0 Å². The number of sulfonamides is 1. The summed E-state index contributed by atoms with van der Waals surface area (Å²) in [5.41, 5.74) is 0.0829. The highest BCUT2D eigenvalue weighted by molar-refractivity contribution is 7.89. The van der Waals surface area contributed by atoms with Gasteiger partial charge < -0.3 is 9.73 Å². The standard InChI is InChI=1S/C13H13ClN2O4S/c1-15-21(18,19)10-4-5-12(14)11(7-10)13(17)16-8-9-3-2-6-20-9/h2-7,15H,8H2,1H3,(H,16,17). The predicted molar refractivity (Wildman–Crippen MR) is 77.6 cm³/mol. The fourth-order valence-electron chi connectivity index (χ4n) is 1.64. The molecule has 2 N–H and O–H groups in total. The van der Waals surface area contributed by atoms with Crippen molar-refractivity contribution in [3.63, 3.8) is 0 Å². The summed E-state index contributed by atoms with van der Waals surface area (Å²) in [6.45, 7) is 0.186. The van der Waals surface area contributed by atoms with E-state index in [-0.39, 0.29) is 22.0 Å². The van der Waals surface area contributed by atoms with Gasteiger partial charge in [-0.2, -0.15) is 0 Å². The molecule has 8 heteroatoms. The number of hydrogen-bond donors (Lipinski definition) is 2. The molecule has 1 aromatic carbocycles. The van der Waals surface area contributed by atoms with Gasteiger partial charge in [0.05, 0.1) is 28.3 Å². The van der Waals surface area contributed by atoms with E-state index in [0.29, 0.717) is 5.76 Å². The molecule has 1 amide bonds. The van der Waals surface area contributed by atoms with Gasteiger partial charge in [0.15, 0.2) is 0 Å². The molecule has 2 aromatic rings. The van der Waals surface area contributed by atoms with Gasteiger partial charge in [-0.1, -0.05) is 11.6 Å². The second kappa shape index (κ2) is 6.30. The van der Waals surface area contributed by atoms with Gasteiger partial charge in [0.1, 0.15) is 5.76 Å². The van der Waals surface area contributed by atoms with E-state index in [1.165, 1.54) is 31.5 Å². The maximum atomic E-state index is 12.1. The molecule has 1 heterocycles. The van der Waals surface area contributed by atoms with Gasteiger partial charge in [0, 0.05) is 0 Å². The molecule has 0 aliphatic heterocycles. The smallest absolute Gasteiger partial charge is 0.253 e. The highest BCUT2D eigenvalue weighted by Gasteiger charge is 2.17. The molecule has 2 rings (SSSR count). The van der Waals surface area contributed by atoms with E-state index in [2.05, 4.69) is 10.0 Å². The van der Waals surface area contributed by atoms with Crippen molar-refractivity contribution in [3.8, 4) is 0 Å². The van der Waals surface area contributed by atoms with Crippen LogP contribution in [0, 0.1) is 0 Å². The van der Waals surface area contributed by atoms with Crippen LogP contribution in [0.3, 0.4) is 0 Å². The van der Waals surface area contributed by atoms with Crippen LogP contribution in [0.5, 0.6) is 0 Å². The Bertz CT molecular complexity index is 742. The zero-order valence-corrected chi connectivity index (χ0v) is 12.7. The molecule has 0 atom stereocenters. The Hall–Kier alpha value is -1.83. The molecular formula is C13H13ClN2O4S. The number of hydrogen-bond acceptors (Lipinski definition) is 4. The van der Waals surface area contributed by atoms with Crippen LogP contribution in [0.25, 0.3) is 0 Å². The first-order chi connectivity index (χ1) is 9.94. The quantitative estimate of drug-likeness (QED) is 0.875. The van der Waals surface area contributed by atoms with Crippen LogP contribution in [-0.2, 0) is 16.6 Å². The minimum atomic E-state index is -3.64. The summed E-state index contributed by atoms with van der Waals surface area (Å²) < 4.78 is 30.7. The second-order valence-corrected chi connectivity index (χ2v) is 6.40. The lowest BCUT2D eigenvalue weighted by molar-refractivity contribution is 0.0948. The molecule has 112 valence electrons. The lowest BCUT2D eigenvalue weighted by Crippen LogP contribution is -2.24.